The predicted octanol–water partition coefficient (Wildman–Crippen LogP) is -0.371. The summed E-state index contributed by atoms with van der Waals surface area (Å²) in [6, 6.07) is 0. The van der Waals surface area contributed by atoms with Crippen LogP contribution in [0, 0.1) is 0 Å². The Morgan fingerprint density at radius 2 is 1.90 bits per heavy atom. The molecule has 0 aromatic carbocycles. The maximum atomic E-state index is 10.3. The molecule has 0 unspecified atom stereocenters. The van der Waals surface area contributed by atoms with Gasteiger partial charge in [0, 0.05) is 22.6 Å². The molecule has 0 radical (unpaired) electrons. The van der Waals surface area contributed by atoms with E-state index in [-0.39, 0.29) is 70.1 Å². The van der Waals surface area contributed by atoms with E-state index in [1.165, 1.54) is 0 Å². The second kappa shape index (κ2) is 8.16. The van der Waals surface area contributed by atoms with Crippen LogP contribution in [0.4, 0.5) is 0 Å². The SMILES string of the molecule is O=C(O)CCC(=O)NBr.[KH]. The van der Waals surface area contributed by atoms with Crippen LogP contribution in [-0.4, -0.2) is 68.4 Å². The van der Waals surface area contributed by atoms with Gasteiger partial charge < -0.3 is 5.11 Å². The van der Waals surface area contributed by atoms with E-state index in [1.54, 1.807) is 0 Å². The molecule has 54 valence electrons. The van der Waals surface area contributed by atoms with Crippen LogP contribution in [0.2, 0.25) is 0 Å². The van der Waals surface area contributed by atoms with Crippen LogP contribution >= 0.6 is 16.1 Å². The first-order valence-corrected chi connectivity index (χ1v) is 3.07. The maximum absolute atomic E-state index is 10.3. The van der Waals surface area contributed by atoms with Gasteiger partial charge in [-0.1, -0.05) is 0 Å². The molecule has 0 atom stereocenters. The summed E-state index contributed by atoms with van der Waals surface area (Å²) in [6.45, 7) is 0. The van der Waals surface area contributed by atoms with E-state index in [2.05, 4.69) is 20.5 Å². The molecule has 10 heavy (non-hydrogen) atoms. The van der Waals surface area contributed by atoms with Crippen molar-refractivity contribution in [3.05, 3.63) is 0 Å². The monoisotopic (exact) mass is 235 g/mol. The van der Waals surface area contributed by atoms with Crippen molar-refractivity contribution in [3.63, 3.8) is 0 Å². The van der Waals surface area contributed by atoms with Gasteiger partial charge in [0.15, 0.2) is 0 Å². The third-order valence-corrected chi connectivity index (χ3v) is 1.11. The van der Waals surface area contributed by atoms with Gasteiger partial charge in [-0.15, -0.1) is 0 Å². The van der Waals surface area contributed by atoms with E-state index in [0.717, 1.165) is 0 Å². The van der Waals surface area contributed by atoms with E-state index < -0.39 is 5.97 Å². The first kappa shape index (κ1) is 13.6. The first-order chi connectivity index (χ1) is 4.16. The van der Waals surface area contributed by atoms with Crippen LogP contribution in [-0.2, 0) is 9.59 Å². The molecule has 4 nitrogen and oxygen atoms in total. The molecule has 0 saturated carbocycles. The topological polar surface area (TPSA) is 66.4 Å². The Labute approximate surface area is 110 Å². The summed E-state index contributed by atoms with van der Waals surface area (Å²) in [4.78, 5) is 20.1. The summed E-state index contributed by atoms with van der Waals surface area (Å²) in [7, 11) is 0. The molecule has 0 aliphatic carbocycles. The Balaban J connectivity index is 0. The molecule has 0 aromatic heterocycles. The van der Waals surface area contributed by atoms with E-state index in [4.69, 9.17) is 5.11 Å². The second-order valence-corrected chi connectivity index (χ2v) is 1.81. The second-order valence-electron chi connectivity index (χ2n) is 1.41. The van der Waals surface area contributed by atoms with Crippen LogP contribution in [0.5, 0.6) is 0 Å². The van der Waals surface area contributed by atoms with Crippen molar-refractivity contribution in [1.29, 1.82) is 0 Å². The molecule has 0 bridgehead atoms. The Morgan fingerprint density at radius 1 is 1.40 bits per heavy atom. The molecular weight excluding hydrogens is 229 g/mol. The van der Waals surface area contributed by atoms with Crippen LogP contribution in [0.25, 0.3) is 0 Å². The van der Waals surface area contributed by atoms with Crippen molar-refractivity contribution in [2.45, 2.75) is 12.8 Å². The zero-order valence-electron chi connectivity index (χ0n) is 4.56. The number of aliphatic carboxylic acids is 1. The number of rotatable bonds is 3. The van der Waals surface area contributed by atoms with Crippen molar-refractivity contribution in [2.24, 2.45) is 0 Å². The van der Waals surface area contributed by atoms with E-state index >= 15 is 0 Å². The quantitative estimate of drug-likeness (QED) is 0.519. The van der Waals surface area contributed by atoms with Gasteiger partial charge in [0.05, 0.1) is 6.42 Å². The van der Waals surface area contributed by atoms with E-state index in [9.17, 15) is 9.59 Å². The summed E-state index contributed by atoms with van der Waals surface area (Å²) in [5.41, 5.74) is 0. The molecule has 0 aromatic rings. The van der Waals surface area contributed by atoms with Gasteiger partial charge in [-0.05, 0) is 0 Å². The fourth-order valence-electron chi connectivity index (χ4n) is 0.268. The number of hydrogen-bond acceptors (Lipinski definition) is 2. The average Bonchev–Trinajstić information content (AvgIpc) is 1.83. The fourth-order valence-corrected chi connectivity index (χ4v) is 0.466. The van der Waals surface area contributed by atoms with Crippen molar-refractivity contribution in [3.8, 4) is 0 Å². The molecule has 0 saturated heterocycles. The predicted molar refractivity (Wildman–Crippen MR) is 41.1 cm³/mol. The van der Waals surface area contributed by atoms with Gasteiger partial charge in [-0.2, -0.15) is 0 Å². The van der Waals surface area contributed by atoms with Gasteiger partial charge in [-0.25, -0.2) is 0 Å². The summed E-state index contributed by atoms with van der Waals surface area (Å²) >= 11 is 2.67. The van der Waals surface area contributed by atoms with Crippen molar-refractivity contribution in [1.82, 2.24) is 4.34 Å². The van der Waals surface area contributed by atoms with Crippen LogP contribution in [0.15, 0.2) is 0 Å². The normalized spacial score (nSPS) is 7.70. The average molecular weight is 236 g/mol. The Hall–Kier alpha value is 1.06. The van der Waals surface area contributed by atoms with E-state index in [0.29, 0.717) is 0 Å². The van der Waals surface area contributed by atoms with Crippen molar-refractivity contribution >= 4 is 79.4 Å². The molecule has 1 amide bonds. The molecule has 0 aliphatic rings. The van der Waals surface area contributed by atoms with Gasteiger partial charge >= 0.3 is 57.4 Å². The molecular formula is C4H7BrKNO3. The van der Waals surface area contributed by atoms with E-state index in [1.807, 2.05) is 0 Å². The zero-order chi connectivity index (χ0) is 7.28. The third kappa shape index (κ3) is 9.06. The Bertz CT molecular complexity index is 130. The minimum absolute atomic E-state index is 0. The summed E-state index contributed by atoms with van der Waals surface area (Å²) < 4.78 is 2.13. The number of carbonyl (C=O) groups is 2. The molecule has 0 heterocycles. The molecule has 2 N–H and O–H groups in total. The number of amides is 1. The molecule has 6 heteroatoms. The molecule has 0 fully saturated rings. The summed E-state index contributed by atoms with van der Waals surface area (Å²) in [5.74, 6) is -1.29. The first-order valence-electron chi connectivity index (χ1n) is 2.28. The minimum atomic E-state index is -0.967. The standard InChI is InChI=1S/C4H6BrNO3.K.H/c5-6-3(7)1-2-4(8)9;;/h1-2H2,(H,6,7)(H,8,9);;. The summed E-state index contributed by atoms with van der Waals surface area (Å²) in [5, 5.41) is 8.06. The third-order valence-electron chi connectivity index (χ3n) is 0.671. The van der Waals surface area contributed by atoms with Crippen molar-refractivity contribution in [2.75, 3.05) is 0 Å². The van der Waals surface area contributed by atoms with Gasteiger partial charge in [0.1, 0.15) is 0 Å². The molecule has 0 spiro atoms. The Kier molecular flexibility index (Phi) is 11.1. The zero-order valence-corrected chi connectivity index (χ0v) is 6.14. The molecule has 0 rings (SSSR count). The fraction of sp³-hybridized carbons (Fsp3) is 0.500. The Morgan fingerprint density at radius 3 is 2.20 bits per heavy atom. The van der Waals surface area contributed by atoms with Crippen LogP contribution < -0.4 is 4.34 Å². The number of carboxylic acids is 1. The van der Waals surface area contributed by atoms with Crippen LogP contribution in [0.1, 0.15) is 12.8 Å². The van der Waals surface area contributed by atoms with Gasteiger partial charge in [0.2, 0.25) is 5.91 Å². The van der Waals surface area contributed by atoms with Crippen molar-refractivity contribution < 1.29 is 14.7 Å². The molecule has 0 aliphatic heterocycles. The number of nitrogens with one attached hydrogen (secondary N) is 1. The van der Waals surface area contributed by atoms with Gasteiger partial charge in [0.25, 0.3) is 0 Å². The summed E-state index contributed by atoms with van der Waals surface area (Å²) in [6.07, 6.45) is -0.113. The number of halogens is 1. The number of hydrogen-bond donors (Lipinski definition) is 2. The van der Waals surface area contributed by atoms with Crippen LogP contribution in [0.3, 0.4) is 0 Å². The van der Waals surface area contributed by atoms with Gasteiger partial charge in [-0.3, -0.25) is 13.9 Å². The number of carboxylic acid groups (broad SMARTS) is 1. The number of carbonyl (C=O) groups excluding carboxylic acids is 1.